The van der Waals surface area contributed by atoms with E-state index in [9.17, 15) is 38.7 Å². The van der Waals surface area contributed by atoms with Crippen LogP contribution < -0.4 is 48.7 Å². The number of hydrogen-bond donors (Lipinski definition) is 10. The summed E-state index contributed by atoms with van der Waals surface area (Å²) >= 11 is 0. The van der Waals surface area contributed by atoms with Gasteiger partial charge >= 0.3 is 20.8 Å². The highest BCUT2D eigenvalue weighted by atomic mass is 28.4. The molecular weight excluding hydrogens is 789 g/mol. The predicted molar refractivity (Wildman–Crippen MR) is 218 cm³/mol. The number of carbonyl (C=O) groups excluding carboxylic acids is 6. The summed E-state index contributed by atoms with van der Waals surface area (Å²) in [5, 5.41) is 27.7. The quantitative estimate of drug-likeness (QED) is 0.0266. The van der Waals surface area contributed by atoms with Crippen LogP contribution in [0.3, 0.4) is 0 Å². The van der Waals surface area contributed by atoms with E-state index < -0.39 is 87.5 Å². The van der Waals surface area contributed by atoms with Crippen molar-refractivity contribution in [2.75, 3.05) is 46.0 Å². The standard InChI is InChI=1S/C37H62N10O11Si/c1-4-56-59(57-5-2,58-6-3)21-13-20-42-37(55)41-18-11-10-16-27-33(52)45-26(17-12-19-40-36(38)39)32(51)43-24-30(48)44-29(23-31(49)50)35(54)47-28(34(53)46-27)22-25-14-8-7-9-15-25/h7-9,14-15,26-29H,4-6,10-13,16-24H2,1-3H3,(H,43,51)(H,44,48)(H,45,52)(H,46,53)(H,47,54)(H,49,50)(H4,38,39,40)(H2,41,42,55)/t26-,27-,28+,29-/m0/s1. The van der Waals surface area contributed by atoms with Crippen molar-refractivity contribution < 1.29 is 51.9 Å². The second-order valence-corrected chi connectivity index (χ2v) is 16.3. The van der Waals surface area contributed by atoms with Crippen LogP contribution in [0.15, 0.2) is 35.3 Å². The first kappa shape index (κ1) is 49.8. The summed E-state index contributed by atoms with van der Waals surface area (Å²) < 4.78 is 17.6. The van der Waals surface area contributed by atoms with Gasteiger partial charge in [-0.25, -0.2) is 4.79 Å². The van der Waals surface area contributed by atoms with Crippen LogP contribution in [0.5, 0.6) is 0 Å². The van der Waals surface area contributed by atoms with Crippen molar-refractivity contribution in [1.82, 2.24) is 37.2 Å². The minimum absolute atomic E-state index is 0.0417. The number of carboxylic acids is 1. The van der Waals surface area contributed by atoms with Gasteiger partial charge in [0.2, 0.25) is 29.5 Å². The molecule has 0 aromatic heterocycles. The molecule has 1 aliphatic heterocycles. The zero-order valence-electron chi connectivity index (χ0n) is 34.1. The lowest BCUT2D eigenvalue weighted by atomic mass is 10.0. The van der Waals surface area contributed by atoms with Crippen LogP contribution in [0.4, 0.5) is 4.79 Å². The van der Waals surface area contributed by atoms with Crippen molar-refractivity contribution in [2.24, 2.45) is 16.5 Å². The summed E-state index contributed by atoms with van der Waals surface area (Å²) in [4.78, 5) is 95.5. The first-order valence-corrected chi connectivity index (χ1v) is 21.9. The molecule has 0 unspecified atom stereocenters. The molecule has 7 amide bonds. The lowest BCUT2D eigenvalue weighted by molar-refractivity contribution is -0.141. The Morgan fingerprint density at radius 2 is 1.29 bits per heavy atom. The zero-order chi connectivity index (χ0) is 43.6. The summed E-state index contributed by atoms with van der Waals surface area (Å²) in [6.07, 6.45) is 0.807. The molecule has 0 saturated carbocycles. The SMILES string of the molecule is CCO[Si](CCCNC(=O)NCCCC[C@@H]1NC(=O)[C@@H](Cc2ccccc2)NC(=O)[C@H](CC(=O)O)NC(=O)CNC(=O)[C@H](CCCN=C(N)N)NC1=O)(OCC)OCC. The van der Waals surface area contributed by atoms with Crippen molar-refractivity contribution in [2.45, 2.75) is 102 Å². The minimum Gasteiger partial charge on any atom is -0.481 e. The van der Waals surface area contributed by atoms with Crippen molar-refractivity contribution in [3.63, 3.8) is 0 Å². The lowest BCUT2D eigenvalue weighted by Gasteiger charge is -2.28. The number of nitrogens with one attached hydrogen (secondary N) is 7. The molecule has 1 aliphatic rings. The summed E-state index contributed by atoms with van der Waals surface area (Å²) in [7, 11) is -2.85. The highest BCUT2D eigenvalue weighted by Crippen LogP contribution is 2.18. The second-order valence-electron chi connectivity index (χ2n) is 13.5. The Hall–Kier alpha value is -5.32. The fraction of sp³-hybridized carbons (Fsp3) is 0.622. The Morgan fingerprint density at radius 1 is 0.746 bits per heavy atom. The van der Waals surface area contributed by atoms with E-state index >= 15 is 0 Å². The number of amides is 7. The van der Waals surface area contributed by atoms with E-state index in [1.165, 1.54) is 0 Å². The van der Waals surface area contributed by atoms with Crippen molar-refractivity contribution in [1.29, 1.82) is 0 Å². The highest BCUT2D eigenvalue weighted by Gasteiger charge is 2.39. The number of benzene rings is 1. The van der Waals surface area contributed by atoms with Crippen LogP contribution >= 0.6 is 0 Å². The topological polar surface area (TPSA) is 316 Å². The van der Waals surface area contributed by atoms with Crippen molar-refractivity contribution in [3.8, 4) is 0 Å². The number of unbranched alkanes of at least 4 members (excludes halogenated alkanes) is 1. The Morgan fingerprint density at radius 3 is 1.88 bits per heavy atom. The molecule has 12 N–H and O–H groups in total. The molecule has 2 rings (SSSR count). The average Bonchev–Trinajstić information content (AvgIpc) is 3.18. The number of rotatable bonds is 23. The van der Waals surface area contributed by atoms with Crippen molar-refractivity contribution in [3.05, 3.63) is 35.9 Å². The van der Waals surface area contributed by atoms with Crippen LogP contribution in [-0.4, -0.2) is 132 Å². The van der Waals surface area contributed by atoms with E-state index in [0.29, 0.717) is 57.2 Å². The molecule has 1 fully saturated rings. The fourth-order valence-corrected chi connectivity index (χ4v) is 8.70. The van der Waals surface area contributed by atoms with E-state index in [2.05, 4.69) is 42.2 Å². The molecule has 0 bridgehead atoms. The predicted octanol–water partition coefficient (Wildman–Crippen LogP) is -1.27. The Kier molecular flexibility index (Phi) is 23.1. The zero-order valence-corrected chi connectivity index (χ0v) is 35.1. The van der Waals surface area contributed by atoms with Gasteiger partial charge in [0, 0.05) is 51.9 Å². The Labute approximate surface area is 345 Å². The number of guanidine groups is 1. The van der Waals surface area contributed by atoms with Gasteiger partial charge in [0.05, 0.1) is 13.0 Å². The van der Waals surface area contributed by atoms with Crippen LogP contribution in [0.25, 0.3) is 0 Å². The number of carbonyl (C=O) groups is 7. The molecule has 22 heteroatoms. The third-order valence-corrected chi connectivity index (χ3v) is 12.0. The number of aliphatic imine (C=N–C) groups is 1. The van der Waals surface area contributed by atoms with Gasteiger partial charge in [0.15, 0.2) is 5.96 Å². The van der Waals surface area contributed by atoms with E-state index in [-0.39, 0.29) is 44.7 Å². The Bertz CT molecular complexity index is 1530. The molecule has 1 aromatic rings. The number of urea groups is 1. The van der Waals surface area contributed by atoms with Gasteiger partial charge in [-0.1, -0.05) is 30.3 Å². The maximum absolute atomic E-state index is 13.9. The summed E-state index contributed by atoms with van der Waals surface area (Å²) in [5.74, 6) is -5.64. The minimum atomic E-state index is -2.85. The van der Waals surface area contributed by atoms with Gasteiger partial charge in [-0.15, -0.1) is 0 Å². The molecule has 4 atom stereocenters. The molecule has 0 spiro atoms. The molecule has 0 radical (unpaired) electrons. The average molecular weight is 851 g/mol. The largest absolute Gasteiger partial charge is 0.500 e. The fourth-order valence-electron chi connectivity index (χ4n) is 6.08. The van der Waals surface area contributed by atoms with Gasteiger partial charge in [-0.05, 0) is 64.9 Å². The lowest BCUT2D eigenvalue weighted by Crippen LogP contribution is -2.58. The van der Waals surface area contributed by atoms with E-state index in [1.54, 1.807) is 30.3 Å². The van der Waals surface area contributed by atoms with Crippen molar-refractivity contribution >= 4 is 56.3 Å². The number of nitrogens with two attached hydrogens (primary N) is 2. The smallest absolute Gasteiger partial charge is 0.481 e. The third kappa shape index (κ3) is 19.8. The molecule has 21 nitrogen and oxygen atoms in total. The highest BCUT2D eigenvalue weighted by molar-refractivity contribution is 6.60. The van der Waals surface area contributed by atoms with Gasteiger partial charge in [0.1, 0.15) is 24.2 Å². The van der Waals surface area contributed by atoms with Crippen LogP contribution in [0, 0.1) is 0 Å². The van der Waals surface area contributed by atoms with Gasteiger partial charge in [-0.2, -0.15) is 0 Å². The molecule has 0 aliphatic carbocycles. The molecule has 59 heavy (non-hydrogen) atoms. The molecule has 330 valence electrons. The van der Waals surface area contributed by atoms with Crippen LogP contribution in [0.1, 0.15) is 71.3 Å². The second kappa shape index (κ2) is 27.4. The van der Waals surface area contributed by atoms with Gasteiger partial charge in [-0.3, -0.25) is 33.8 Å². The molecule has 1 saturated heterocycles. The van der Waals surface area contributed by atoms with E-state index in [0.717, 1.165) is 0 Å². The molecule has 1 heterocycles. The maximum Gasteiger partial charge on any atom is 0.500 e. The first-order valence-electron chi connectivity index (χ1n) is 19.9. The number of carboxylic acid groups (broad SMARTS) is 1. The van der Waals surface area contributed by atoms with Gasteiger partial charge in [0.25, 0.3) is 0 Å². The monoisotopic (exact) mass is 850 g/mol. The molecule has 1 aromatic carbocycles. The third-order valence-electron chi connectivity index (χ3n) is 8.82. The number of nitrogens with zero attached hydrogens (tertiary/aromatic N) is 1. The number of hydrogen-bond acceptors (Lipinski definition) is 11. The van der Waals surface area contributed by atoms with Crippen LogP contribution in [0.2, 0.25) is 6.04 Å². The van der Waals surface area contributed by atoms with E-state index in [1.807, 2.05) is 20.8 Å². The normalized spacial score (nSPS) is 19.4. The Balaban J connectivity index is 2.23. The van der Waals surface area contributed by atoms with Crippen LogP contribution in [-0.2, 0) is 48.5 Å². The summed E-state index contributed by atoms with van der Waals surface area (Å²) in [6, 6.07) is 3.49. The summed E-state index contributed by atoms with van der Waals surface area (Å²) in [5.41, 5.74) is 11.5. The number of aliphatic carboxylic acids is 1. The van der Waals surface area contributed by atoms with Gasteiger partial charge < -0.3 is 67.1 Å². The maximum atomic E-state index is 13.9. The van der Waals surface area contributed by atoms with E-state index in [4.69, 9.17) is 24.7 Å². The summed E-state index contributed by atoms with van der Waals surface area (Å²) in [6.45, 7) is 7.03. The first-order chi connectivity index (χ1) is 28.2. The molecular formula is C37H62N10O11Si.